The maximum Gasteiger partial charge on any atom is 0.239 e. The molecule has 0 atom stereocenters. The molecule has 78 valence electrons. The van der Waals surface area contributed by atoms with E-state index in [-0.39, 0.29) is 0 Å². The lowest BCUT2D eigenvalue weighted by Crippen LogP contribution is -1.94. The molecule has 0 aliphatic carbocycles. The summed E-state index contributed by atoms with van der Waals surface area (Å²) in [4.78, 5) is 7.83. The van der Waals surface area contributed by atoms with Crippen LogP contribution >= 0.6 is 0 Å². The second-order valence-corrected chi connectivity index (χ2v) is 2.92. The van der Waals surface area contributed by atoms with Crippen molar-refractivity contribution >= 4 is 5.82 Å². The van der Waals surface area contributed by atoms with Crippen LogP contribution in [0.1, 0.15) is 6.92 Å². The molecule has 6 heteroatoms. The van der Waals surface area contributed by atoms with E-state index in [4.69, 9.17) is 10.5 Å². The maximum atomic E-state index is 5.47. The third kappa shape index (κ3) is 2.22. The van der Waals surface area contributed by atoms with E-state index in [0.29, 0.717) is 17.4 Å². The first-order valence-electron chi connectivity index (χ1n) is 4.55. The van der Waals surface area contributed by atoms with Crippen LogP contribution in [0, 0.1) is 0 Å². The molecule has 0 bridgehead atoms. The quantitative estimate of drug-likeness (QED) is 0.810. The molecule has 0 aromatic carbocycles. The summed E-state index contributed by atoms with van der Waals surface area (Å²) in [5.74, 6) is 1.32. The number of hydrogen-bond donors (Lipinski definition) is 1. The van der Waals surface area contributed by atoms with Gasteiger partial charge in [-0.15, -0.1) is 0 Å². The minimum atomic E-state index is 0.329. The minimum absolute atomic E-state index is 0.329. The van der Waals surface area contributed by atoms with E-state index in [0.717, 1.165) is 6.54 Å². The topological polar surface area (TPSA) is 78.9 Å². The zero-order chi connectivity index (χ0) is 10.7. The molecule has 0 unspecified atom stereocenters. The Kier molecular flexibility index (Phi) is 2.49. The van der Waals surface area contributed by atoms with Crippen LogP contribution in [0.4, 0.5) is 5.82 Å². The number of aryl methyl sites for hydroxylation is 1. The summed E-state index contributed by atoms with van der Waals surface area (Å²) < 4.78 is 7.16. The molecule has 15 heavy (non-hydrogen) atoms. The van der Waals surface area contributed by atoms with Crippen molar-refractivity contribution in [1.82, 2.24) is 19.7 Å². The lowest BCUT2D eigenvalue weighted by Gasteiger charge is -2.00. The molecule has 0 aliphatic heterocycles. The highest BCUT2D eigenvalue weighted by molar-refractivity contribution is 5.28. The Morgan fingerprint density at radius 3 is 2.93 bits per heavy atom. The van der Waals surface area contributed by atoms with Crippen molar-refractivity contribution in [2.45, 2.75) is 13.5 Å². The van der Waals surface area contributed by atoms with Gasteiger partial charge in [-0.05, 0) is 6.92 Å². The van der Waals surface area contributed by atoms with E-state index in [1.807, 2.05) is 6.92 Å². The molecule has 2 rings (SSSR count). The van der Waals surface area contributed by atoms with Crippen LogP contribution in [-0.2, 0) is 6.54 Å². The van der Waals surface area contributed by atoms with Gasteiger partial charge in [0.2, 0.25) is 5.88 Å². The van der Waals surface area contributed by atoms with Gasteiger partial charge in [0.05, 0.1) is 24.8 Å². The first-order chi connectivity index (χ1) is 7.28. The molecular formula is C9H11N5O. The molecule has 0 fully saturated rings. The van der Waals surface area contributed by atoms with Crippen LogP contribution < -0.4 is 10.5 Å². The Morgan fingerprint density at radius 2 is 2.27 bits per heavy atom. The van der Waals surface area contributed by atoms with Gasteiger partial charge < -0.3 is 10.5 Å². The van der Waals surface area contributed by atoms with Gasteiger partial charge in [0.25, 0.3) is 0 Å². The van der Waals surface area contributed by atoms with E-state index in [1.54, 1.807) is 17.1 Å². The highest BCUT2D eigenvalue weighted by Crippen LogP contribution is 2.17. The predicted octanol–water partition coefficient (Wildman–Crippen LogP) is 1.07. The van der Waals surface area contributed by atoms with Gasteiger partial charge in [0, 0.05) is 6.54 Å². The summed E-state index contributed by atoms with van der Waals surface area (Å²) in [6.45, 7) is 2.79. The number of rotatable bonds is 3. The smallest absolute Gasteiger partial charge is 0.239 e. The first-order valence-corrected chi connectivity index (χ1v) is 4.55. The van der Waals surface area contributed by atoms with Crippen molar-refractivity contribution in [2.75, 3.05) is 5.73 Å². The molecule has 2 aromatic heterocycles. The van der Waals surface area contributed by atoms with Crippen LogP contribution in [0.15, 0.2) is 24.8 Å². The van der Waals surface area contributed by atoms with Crippen LogP contribution in [-0.4, -0.2) is 19.7 Å². The summed E-state index contributed by atoms with van der Waals surface area (Å²) in [7, 11) is 0. The Balaban J connectivity index is 2.14. The van der Waals surface area contributed by atoms with Crippen LogP contribution in [0.2, 0.25) is 0 Å². The monoisotopic (exact) mass is 205 g/mol. The summed E-state index contributed by atoms with van der Waals surface area (Å²) in [6.07, 6.45) is 6.36. The molecule has 2 aromatic rings. The van der Waals surface area contributed by atoms with Crippen molar-refractivity contribution in [2.24, 2.45) is 0 Å². The molecule has 0 saturated carbocycles. The average Bonchev–Trinajstić information content (AvgIpc) is 2.65. The first kappa shape index (κ1) is 9.45. The van der Waals surface area contributed by atoms with Gasteiger partial charge in [-0.25, -0.2) is 0 Å². The lowest BCUT2D eigenvalue weighted by molar-refractivity contribution is 0.460. The molecule has 6 nitrogen and oxygen atoms in total. The molecule has 0 saturated heterocycles. The largest absolute Gasteiger partial charge is 0.434 e. The summed E-state index contributed by atoms with van der Waals surface area (Å²) >= 11 is 0. The molecule has 0 radical (unpaired) electrons. The predicted molar refractivity (Wildman–Crippen MR) is 54.4 cm³/mol. The zero-order valence-corrected chi connectivity index (χ0v) is 8.29. The van der Waals surface area contributed by atoms with Gasteiger partial charge in [-0.1, -0.05) is 0 Å². The van der Waals surface area contributed by atoms with Gasteiger partial charge in [-0.2, -0.15) is 10.1 Å². The fourth-order valence-electron chi connectivity index (χ4n) is 1.10. The standard InChI is InChI=1S/C9H11N5O/c1-2-14-6-7(3-12-14)15-9-5-11-4-8(10)13-9/h3-6H,2H2,1H3,(H2,10,13). The second kappa shape index (κ2) is 3.95. The third-order valence-electron chi connectivity index (χ3n) is 1.79. The number of nitrogens with two attached hydrogens (primary N) is 1. The number of nitrogen functional groups attached to an aromatic ring is 1. The summed E-state index contributed by atoms with van der Waals surface area (Å²) in [5, 5.41) is 4.07. The lowest BCUT2D eigenvalue weighted by atomic mass is 10.6. The minimum Gasteiger partial charge on any atom is -0.434 e. The fraction of sp³-hybridized carbons (Fsp3) is 0.222. The Bertz CT molecular complexity index is 453. The van der Waals surface area contributed by atoms with Crippen LogP contribution in [0.5, 0.6) is 11.6 Å². The molecule has 2 heterocycles. The van der Waals surface area contributed by atoms with Gasteiger partial charge in [0.1, 0.15) is 5.82 Å². The van der Waals surface area contributed by atoms with Gasteiger partial charge in [0.15, 0.2) is 5.75 Å². The molecular weight excluding hydrogens is 194 g/mol. The number of anilines is 1. The third-order valence-corrected chi connectivity index (χ3v) is 1.79. The van der Waals surface area contributed by atoms with Crippen LogP contribution in [0.3, 0.4) is 0 Å². The summed E-state index contributed by atoms with van der Waals surface area (Å²) in [6, 6.07) is 0. The van der Waals surface area contributed by atoms with Crippen molar-refractivity contribution in [3.05, 3.63) is 24.8 Å². The second-order valence-electron chi connectivity index (χ2n) is 2.92. The Hall–Kier alpha value is -2.11. The molecule has 0 spiro atoms. The highest BCUT2D eigenvalue weighted by atomic mass is 16.5. The number of hydrogen-bond acceptors (Lipinski definition) is 5. The normalized spacial score (nSPS) is 10.2. The van der Waals surface area contributed by atoms with Crippen molar-refractivity contribution in [1.29, 1.82) is 0 Å². The average molecular weight is 205 g/mol. The van der Waals surface area contributed by atoms with E-state index in [2.05, 4.69) is 15.1 Å². The maximum absolute atomic E-state index is 5.47. The van der Waals surface area contributed by atoms with Crippen molar-refractivity contribution < 1.29 is 4.74 Å². The van der Waals surface area contributed by atoms with Gasteiger partial charge in [-0.3, -0.25) is 9.67 Å². The SMILES string of the molecule is CCn1cc(Oc2cncc(N)n2)cn1. The van der Waals surface area contributed by atoms with Crippen molar-refractivity contribution in [3.8, 4) is 11.6 Å². The van der Waals surface area contributed by atoms with E-state index >= 15 is 0 Å². The number of aromatic nitrogens is 4. The highest BCUT2D eigenvalue weighted by Gasteiger charge is 2.02. The van der Waals surface area contributed by atoms with Gasteiger partial charge >= 0.3 is 0 Å². The molecule has 0 aliphatic rings. The Morgan fingerprint density at radius 1 is 1.40 bits per heavy atom. The van der Waals surface area contributed by atoms with Crippen LogP contribution in [0.25, 0.3) is 0 Å². The van der Waals surface area contributed by atoms with Crippen molar-refractivity contribution in [3.63, 3.8) is 0 Å². The number of ether oxygens (including phenoxy) is 1. The van der Waals surface area contributed by atoms with E-state index in [1.165, 1.54) is 12.4 Å². The molecule has 0 amide bonds. The Labute approximate surface area is 86.7 Å². The fourth-order valence-corrected chi connectivity index (χ4v) is 1.10. The van der Waals surface area contributed by atoms with E-state index < -0.39 is 0 Å². The van der Waals surface area contributed by atoms with E-state index in [9.17, 15) is 0 Å². The number of nitrogens with zero attached hydrogens (tertiary/aromatic N) is 4. The molecule has 2 N–H and O–H groups in total. The zero-order valence-electron chi connectivity index (χ0n) is 8.29. The summed E-state index contributed by atoms with van der Waals surface area (Å²) in [5.41, 5.74) is 5.47.